The molecule has 1 fully saturated rings. The Labute approximate surface area is 134 Å². The second-order valence-electron chi connectivity index (χ2n) is 6.02. The summed E-state index contributed by atoms with van der Waals surface area (Å²) in [6.07, 6.45) is 3.17. The van der Waals surface area contributed by atoms with Crippen molar-refractivity contribution in [3.05, 3.63) is 16.4 Å². The highest BCUT2D eigenvalue weighted by Gasteiger charge is 2.30. The Hall–Kier alpha value is -0.440. The fourth-order valence-electron chi connectivity index (χ4n) is 2.74. The van der Waals surface area contributed by atoms with Crippen LogP contribution in [0.1, 0.15) is 24.6 Å². The molecule has 2 N–H and O–H groups in total. The number of halogens is 1. The van der Waals surface area contributed by atoms with Gasteiger partial charge in [0, 0.05) is 12.6 Å². The highest BCUT2D eigenvalue weighted by atomic mass is 79.9. The molecule has 1 aromatic rings. The van der Waals surface area contributed by atoms with Crippen LogP contribution in [0.15, 0.2) is 10.7 Å². The zero-order valence-corrected chi connectivity index (χ0v) is 14.9. The Bertz CT molecular complexity index is 585. The second kappa shape index (κ2) is 6.76. The van der Waals surface area contributed by atoms with Gasteiger partial charge in [-0.2, -0.15) is 5.10 Å². The zero-order valence-electron chi connectivity index (χ0n) is 12.5. The van der Waals surface area contributed by atoms with Gasteiger partial charge in [0.2, 0.25) is 0 Å². The van der Waals surface area contributed by atoms with Gasteiger partial charge < -0.3 is 10.6 Å². The van der Waals surface area contributed by atoms with E-state index in [-0.39, 0.29) is 17.7 Å². The van der Waals surface area contributed by atoms with E-state index in [1.54, 1.807) is 6.20 Å². The van der Waals surface area contributed by atoms with Gasteiger partial charge in [-0.3, -0.25) is 4.68 Å². The highest BCUT2D eigenvalue weighted by Crippen LogP contribution is 2.30. The van der Waals surface area contributed by atoms with Crippen molar-refractivity contribution in [1.82, 2.24) is 14.7 Å². The Morgan fingerprint density at radius 1 is 1.57 bits per heavy atom. The van der Waals surface area contributed by atoms with E-state index < -0.39 is 9.84 Å². The van der Waals surface area contributed by atoms with Crippen LogP contribution in [0.4, 0.5) is 0 Å². The number of likely N-dealkylation sites (N-methyl/N-ethyl adjacent to an activating group) is 1. The summed E-state index contributed by atoms with van der Waals surface area (Å²) in [6.45, 7) is 1.65. The normalized spacial score (nSPS) is 22.8. The maximum Gasteiger partial charge on any atom is 0.150 e. The first-order valence-electron chi connectivity index (χ1n) is 7.10. The summed E-state index contributed by atoms with van der Waals surface area (Å²) < 4.78 is 25.9. The molecule has 120 valence electrons. The van der Waals surface area contributed by atoms with Crippen LogP contribution in [-0.4, -0.2) is 55.2 Å². The van der Waals surface area contributed by atoms with Gasteiger partial charge in [-0.1, -0.05) is 0 Å². The maximum absolute atomic E-state index is 11.5. The van der Waals surface area contributed by atoms with Crippen molar-refractivity contribution in [2.75, 3.05) is 32.1 Å². The number of rotatable bonds is 6. The summed E-state index contributed by atoms with van der Waals surface area (Å²) in [4.78, 5) is 2.09. The first-order valence-corrected chi connectivity index (χ1v) is 9.72. The molecule has 2 rings (SSSR count). The molecule has 6 nitrogen and oxygen atoms in total. The zero-order chi connectivity index (χ0) is 15.6. The van der Waals surface area contributed by atoms with Crippen molar-refractivity contribution < 1.29 is 8.42 Å². The van der Waals surface area contributed by atoms with Crippen molar-refractivity contribution in [3.63, 3.8) is 0 Å². The molecule has 2 atom stereocenters. The smallest absolute Gasteiger partial charge is 0.150 e. The van der Waals surface area contributed by atoms with E-state index >= 15 is 0 Å². The summed E-state index contributed by atoms with van der Waals surface area (Å²) in [5.74, 6) is 0.726. The van der Waals surface area contributed by atoms with Crippen molar-refractivity contribution in [2.45, 2.75) is 25.4 Å². The van der Waals surface area contributed by atoms with Crippen molar-refractivity contribution in [2.24, 2.45) is 11.7 Å². The first-order chi connectivity index (χ1) is 9.78. The number of nitrogens with two attached hydrogens (primary N) is 1. The number of hydrogen-bond donors (Lipinski definition) is 1. The molecular weight excluding hydrogens is 356 g/mol. The molecule has 2 heterocycles. The minimum atomic E-state index is -2.85. The first kappa shape index (κ1) is 16.9. The third-order valence-electron chi connectivity index (χ3n) is 3.86. The van der Waals surface area contributed by atoms with E-state index in [4.69, 9.17) is 5.73 Å². The molecule has 0 spiro atoms. The van der Waals surface area contributed by atoms with Gasteiger partial charge in [0.05, 0.1) is 34.4 Å². The van der Waals surface area contributed by atoms with Crippen LogP contribution in [0.5, 0.6) is 0 Å². The van der Waals surface area contributed by atoms with Crippen LogP contribution in [0.2, 0.25) is 0 Å². The minimum absolute atomic E-state index is 0.161. The van der Waals surface area contributed by atoms with Gasteiger partial charge >= 0.3 is 0 Å². The molecule has 0 bridgehead atoms. The summed E-state index contributed by atoms with van der Waals surface area (Å²) in [7, 11) is 1.18. The Kier molecular flexibility index (Phi) is 5.45. The third-order valence-corrected chi connectivity index (χ3v) is 6.31. The standard InChI is InChI=1S/C13H23BrN4O2S/c1-17(2)4-5-18-13(11(14)8-16-18)12(15)7-10-3-6-21(19,20)9-10/h8,10,12H,3-7,9,15H2,1-2H3. The average Bonchev–Trinajstić information content (AvgIpc) is 2.89. The lowest BCUT2D eigenvalue weighted by atomic mass is 9.98. The maximum atomic E-state index is 11.5. The van der Waals surface area contributed by atoms with E-state index in [2.05, 4.69) is 25.9 Å². The van der Waals surface area contributed by atoms with Crippen molar-refractivity contribution >= 4 is 25.8 Å². The van der Waals surface area contributed by atoms with Crippen LogP contribution in [0.25, 0.3) is 0 Å². The van der Waals surface area contributed by atoms with Gasteiger partial charge in [-0.15, -0.1) is 0 Å². The molecule has 1 aliphatic rings. The molecule has 1 aromatic heterocycles. The largest absolute Gasteiger partial charge is 0.323 e. The quantitative estimate of drug-likeness (QED) is 0.799. The van der Waals surface area contributed by atoms with Gasteiger partial charge in [0.1, 0.15) is 0 Å². The van der Waals surface area contributed by atoms with Crippen LogP contribution in [0, 0.1) is 5.92 Å². The molecule has 2 unspecified atom stereocenters. The van der Waals surface area contributed by atoms with E-state index in [0.717, 1.165) is 29.7 Å². The lowest BCUT2D eigenvalue weighted by molar-refractivity contribution is 0.361. The number of nitrogens with zero attached hydrogens (tertiary/aromatic N) is 3. The van der Waals surface area contributed by atoms with E-state index in [1.807, 2.05) is 18.8 Å². The van der Waals surface area contributed by atoms with Crippen molar-refractivity contribution in [3.8, 4) is 0 Å². The number of sulfone groups is 1. The lowest BCUT2D eigenvalue weighted by Gasteiger charge is -2.19. The van der Waals surface area contributed by atoms with E-state index in [1.165, 1.54) is 0 Å². The summed E-state index contributed by atoms with van der Waals surface area (Å²) in [5.41, 5.74) is 7.28. The second-order valence-corrected chi connectivity index (χ2v) is 9.10. The molecule has 0 aliphatic carbocycles. The fraction of sp³-hybridized carbons (Fsp3) is 0.769. The van der Waals surface area contributed by atoms with Gasteiger partial charge in [0.25, 0.3) is 0 Å². The highest BCUT2D eigenvalue weighted by molar-refractivity contribution is 9.10. The molecule has 0 saturated carbocycles. The van der Waals surface area contributed by atoms with Gasteiger partial charge in [0.15, 0.2) is 9.84 Å². The predicted molar refractivity (Wildman–Crippen MR) is 86.8 cm³/mol. The molecule has 8 heteroatoms. The average molecular weight is 379 g/mol. The SMILES string of the molecule is CN(C)CCn1ncc(Br)c1C(N)CC1CCS(=O)(=O)C1. The van der Waals surface area contributed by atoms with Gasteiger partial charge in [-0.05, 0) is 48.8 Å². The van der Waals surface area contributed by atoms with E-state index in [0.29, 0.717) is 12.2 Å². The van der Waals surface area contributed by atoms with E-state index in [9.17, 15) is 8.42 Å². The van der Waals surface area contributed by atoms with Gasteiger partial charge in [-0.25, -0.2) is 8.42 Å². The van der Waals surface area contributed by atoms with Crippen LogP contribution >= 0.6 is 15.9 Å². The molecule has 0 radical (unpaired) electrons. The minimum Gasteiger partial charge on any atom is -0.323 e. The summed E-state index contributed by atoms with van der Waals surface area (Å²) in [6, 6.07) is -0.192. The molecule has 0 amide bonds. The Balaban J connectivity index is 2.05. The molecule has 1 saturated heterocycles. The van der Waals surface area contributed by atoms with Crippen LogP contribution in [0.3, 0.4) is 0 Å². The topological polar surface area (TPSA) is 81.2 Å². The monoisotopic (exact) mass is 378 g/mol. The lowest BCUT2D eigenvalue weighted by Crippen LogP contribution is -2.24. The molecule has 1 aliphatic heterocycles. The molecule has 0 aromatic carbocycles. The van der Waals surface area contributed by atoms with Crippen LogP contribution < -0.4 is 5.73 Å². The number of hydrogen-bond acceptors (Lipinski definition) is 5. The number of aromatic nitrogens is 2. The molecular formula is C13H23BrN4O2S. The fourth-order valence-corrected chi connectivity index (χ4v) is 5.21. The third kappa shape index (κ3) is 4.51. The van der Waals surface area contributed by atoms with Crippen LogP contribution in [-0.2, 0) is 16.4 Å². The molecule has 21 heavy (non-hydrogen) atoms. The Morgan fingerprint density at radius 2 is 2.29 bits per heavy atom. The summed E-state index contributed by atoms with van der Waals surface area (Å²) >= 11 is 3.50. The predicted octanol–water partition coefficient (Wildman–Crippen LogP) is 1.03. The van der Waals surface area contributed by atoms with Crippen molar-refractivity contribution in [1.29, 1.82) is 0 Å². The summed E-state index contributed by atoms with van der Waals surface area (Å²) in [5, 5.41) is 4.36. The Morgan fingerprint density at radius 3 is 2.86 bits per heavy atom.